The first-order valence-corrected chi connectivity index (χ1v) is 7.68. The minimum Gasteiger partial charge on any atom is -0.329 e. The highest BCUT2D eigenvalue weighted by Crippen LogP contribution is 2.24. The highest BCUT2D eigenvalue weighted by molar-refractivity contribution is 9.10. The van der Waals surface area contributed by atoms with Crippen molar-refractivity contribution in [2.45, 2.75) is 19.5 Å². The molecule has 0 aliphatic carbocycles. The zero-order valence-corrected chi connectivity index (χ0v) is 13.4. The van der Waals surface area contributed by atoms with E-state index < -0.39 is 0 Å². The number of pyridine rings is 1. The van der Waals surface area contributed by atoms with Gasteiger partial charge in [-0.2, -0.15) is 0 Å². The van der Waals surface area contributed by atoms with E-state index in [9.17, 15) is 0 Å². The van der Waals surface area contributed by atoms with Crippen LogP contribution in [0.2, 0.25) is 0 Å². The molecule has 0 fully saturated rings. The molecule has 0 aliphatic rings. The first kappa shape index (κ1) is 14.6. The van der Waals surface area contributed by atoms with Gasteiger partial charge in [0.25, 0.3) is 0 Å². The number of nitrogens with zero attached hydrogens (tertiary/aromatic N) is 3. The Balaban J connectivity index is 2.15. The molecule has 0 bridgehead atoms. The van der Waals surface area contributed by atoms with E-state index in [1.165, 1.54) is 4.88 Å². The van der Waals surface area contributed by atoms with Gasteiger partial charge >= 0.3 is 0 Å². The lowest BCUT2D eigenvalue weighted by Crippen LogP contribution is -2.30. The molecule has 4 nitrogen and oxygen atoms in total. The third kappa shape index (κ3) is 3.60. The Labute approximate surface area is 125 Å². The number of aromatic nitrogens is 2. The van der Waals surface area contributed by atoms with Crippen LogP contribution in [0.4, 0.5) is 0 Å². The summed E-state index contributed by atoms with van der Waals surface area (Å²) < 4.78 is 0.978. The molecule has 2 aromatic heterocycles. The summed E-state index contributed by atoms with van der Waals surface area (Å²) in [4.78, 5) is 12.0. The zero-order valence-electron chi connectivity index (χ0n) is 11.0. The van der Waals surface area contributed by atoms with Crippen molar-refractivity contribution in [1.82, 2.24) is 14.9 Å². The van der Waals surface area contributed by atoms with Crippen LogP contribution in [0.15, 0.2) is 28.4 Å². The fourth-order valence-electron chi connectivity index (χ4n) is 2.00. The van der Waals surface area contributed by atoms with Crippen molar-refractivity contribution in [3.8, 4) is 0 Å². The van der Waals surface area contributed by atoms with Gasteiger partial charge in [-0.15, -0.1) is 11.3 Å². The quantitative estimate of drug-likeness (QED) is 0.909. The maximum absolute atomic E-state index is 5.93. The molecular formula is C13H17BrN4S. The lowest BCUT2D eigenvalue weighted by Gasteiger charge is -2.26. The molecule has 6 heteroatoms. The van der Waals surface area contributed by atoms with E-state index in [2.05, 4.69) is 43.9 Å². The molecule has 0 aliphatic heterocycles. The van der Waals surface area contributed by atoms with Crippen molar-refractivity contribution in [1.29, 1.82) is 0 Å². The van der Waals surface area contributed by atoms with Crippen LogP contribution in [-0.4, -0.2) is 28.5 Å². The largest absolute Gasteiger partial charge is 0.329 e. The molecule has 0 radical (unpaired) electrons. The van der Waals surface area contributed by atoms with Gasteiger partial charge in [0.05, 0.1) is 11.2 Å². The van der Waals surface area contributed by atoms with Gasteiger partial charge in [0, 0.05) is 40.9 Å². The van der Waals surface area contributed by atoms with E-state index in [0.717, 1.165) is 22.3 Å². The molecule has 0 amide bonds. The molecule has 0 saturated carbocycles. The number of hydrogen-bond donors (Lipinski definition) is 1. The van der Waals surface area contributed by atoms with Crippen molar-refractivity contribution in [3.63, 3.8) is 0 Å². The predicted molar refractivity (Wildman–Crippen MR) is 82.1 cm³/mol. The standard InChI is InChI=1S/C13H17BrN4S/c1-9-13(19-8-17-9)7-18(2)12(4-15)10-3-11(14)6-16-5-10/h3,5-6,8,12H,4,7,15H2,1-2H3. The van der Waals surface area contributed by atoms with E-state index in [1.54, 1.807) is 17.5 Å². The van der Waals surface area contributed by atoms with Crippen molar-refractivity contribution in [3.05, 3.63) is 44.6 Å². The van der Waals surface area contributed by atoms with Crippen LogP contribution >= 0.6 is 27.3 Å². The zero-order chi connectivity index (χ0) is 13.8. The average molecular weight is 341 g/mol. The van der Waals surface area contributed by atoms with Crippen LogP contribution < -0.4 is 5.73 Å². The smallest absolute Gasteiger partial charge is 0.0798 e. The summed E-state index contributed by atoms with van der Waals surface area (Å²) in [6.07, 6.45) is 3.66. The van der Waals surface area contributed by atoms with E-state index in [0.29, 0.717) is 6.54 Å². The van der Waals surface area contributed by atoms with Gasteiger partial charge < -0.3 is 5.73 Å². The number of rotatable bonds is 5. The fraction of sp³-hybridized carbons (Fsp3) is 0.385. The number of aryl methyl sites for hydroxylation is 1. The SMILES string of the molecule is Cc1ncsc1CN(C)C(CN)c1cncc(Br)c1. The molecule has 1 unspecified atom stereocenters. The third-order valence-corrected chi connectivity index (χ3v) is 4.46. The van der Waals surface area contributed by atoms with Crippen molar-refractivity contribution >= 4 is 27.3 Å². The summed E-state index contributed by atoms with van der Waals surface area (Å²) in [5.41, 5.74) is 10.0. The van der Waals surface area contributed by atoms with Gasteiger partial charge in [-0.3, -0.25) is 9.88 Å². The van der Waals surface area contributed by atoms with Gasteiger partial charge in [0.2, 0.25) is 0 Å². The maximum Gasteiger partial charge on any atom is 0.0798 e. The second-order valence-corrected chi connectivity index (χ2v) is 6.32. The molecular weight excluding hydrogens is 324 g/mol. The molecule has 2 heterocycles. The summed E-state index contributed by atoms with van der Waals surface area (Å²) in [7, 11) is 2.08. The fourth-order valence-corrected chi connectivity index (χ4v) is 3.22. The van der Waals surface area contributed by atoms with E-state index in [1.807, 2.05) is 18.6 Å². The van der Waals surface area contributed by atoms with Crippen LogP contribution in [0.25, 0.3) is 0 Å². The first-order chi connectivity index (χ1) is 9.11. The van der Waals surface area contributed by atoms with Crippen molar-refractivity contribution in [2.75, 3.05) is 13.6 Å². The summed E-state index contributed by atoms with van der Waals surface area (Å²) in [6.45, 7) is 3.45. The molecule has 102 valence electrons. The molecule has 0 saturated heterocycles. The first-order valence-electron chi connectivity index (χ1n) is 6.01. The molecule has 19 heavy (non-hydrogen) atoms. The number of nitrogens with two attached hydrogens (primary N) is 1. The Bertz CT molecular complexity index is 543. The summed E-state index contributed by atoms with van der Waals surface area (Å²) in [6, 6.07) is 2.23. The Hall–Kier alpha value is -0.820. The van der Waals surface area contributed by atoms with Crippen LogP contribution in [0.3, 0.4) is 0 Å². The monoisotopic (exact) mass is 340 g/mol. The third-order valence-electron chi connectivity index (χ3n) is 3.10. The predicted octanol–water partition coefficient (Wildman–Crippen LogP) is 2.74. The lowest BCUT2D eigenvalue weighted by atomic mass is 10.1. The van der Waals surface area contributed by atoms with Gasteiger partial charge in [-0.05, 0) is 41.5 Å². The van der Waals surface area contributed by atoms with Crippen LogP contribution in [0.1, 0.15) is 22.2 Å². The van der Waals surface area contributed by atoms with Gasteiger partial charge in [0.1, 0.15) is 0 Å². The van der Waals surface area contributed by atoms with Crippen molar-refractivity contribution in [2.24, 2.45) is 5.73 Å². The molecule has 2 aromatic rings. The molecule has 0 aromatic carbocycles. The summed E-state index contributed by atoms with van der Waals surface area (Å²) in [5.74, 6) is 0. The normalized spacial score (nSPS) is 12.9. The Morgan fingerprint density at radius 1 is 1.47 bits per heavy atom. The van der Waals surface area contributed by atoms with Crippen LogP contribution in [0.5, 0.6) is 0 Å². The second kappa shape index (κ2) is 6.56. The Morgan fingerprint density at radius 2 is 2.26 bits per heavy atom. The maximum atomic E-state index is 5.93. The minimum absolute atomic E-state index is 0.159. The second-order valence-electron chi connectivity index (χ2n) is 4.46. The average Bonchev–Trinajstić information content (AvgIpc) is 2.76. The summed E-state index contributed by atoms with van der Waals surface area (Å²) in [5, 5.41) is 0. The van der Waals surface area contributed by atoms with E-state index in [-0.39, 0.29) is 6.04 Å². The minimum atomic E-state index is 0.159. The summed E-state index contributed by atoms with van der Waals surface area (Å²) >= 11 is 5.14. The van der Waals surface area contributed by atoms with Gasteiger partial charge in [-0.25, -0.2) is 4.98 Å². The molecule has 2 N–H and O–H groups in total. The topological polar surface area (TPSA) is 55.0 Å². The lowest BCUT2D eigenvalue weighted by molar-refractivity contribution is 0.243. The van der Waals surface area contributed by atoms with Gasteiger partial charge in [-0.1, -0.05) is 0 Å². The van der Waals surface area contributed by atoms with E-state index in [4.69, 9.17) is 5.73 Å². The van der Waals surface area contributed by atoms with E-state index >= 15 is 0 Å². The highest BCUT2D eigenvalue weighted by atomic mass is 79.9. The Kier molecular flexibility index (Phi) is 5.04. The number of halogens is 1. The van der Waals surface area contributed by atoms with Crippen molar-refractivity contribution < 1.29 is 0 Å². The van der Waals surface area contributed by atoms with Gasteiger partial charge in [0.15, 0.2) is 0 Å². The number of hydrogen-bond acceptors (Lipinski definition) is 5. The highest BCUT2D eigenvalue weighted by Gasteiger charge is 2.17. The molecule has 0 spiro atoms. The van der Waals surface area contributed by atoms with Crippen LogP contribution in [-0.2, 0) is 6.54 Å². The van der Waals surface area contributed by atoms with Crippen LogP contribution in [0, 0.1) is 6.92 Å². The molecule has 1 atom stereocenters. The number of thiazole rings is 1. The molecule has 2 rings (SSSR count). The number of likely N-dealkylation sites (N-methyl/N-ethyl adjacent to an activating group) is 1. The Morgan fingerprint density at radius 3 is 2.84 bits per heavy atom.